The molecule has 1 heterocycles. The molecule has 104 valence electrons. The molecule has 0 bridgehead atoms. The summed E-state index contributed by atoms with van der Waals surface area (Å²) in [6.45, 7) is 1.50. The summed E-state index contributed by atoms with van der Waals surface area (Å²) in [5, 5.41) is 12.8. The van der Waals surface area contributed by atoms with Crippen LogP contribution in [-0.4, -0.2) is 15.6 Å². The molecule has 3 rings (SSSR count). The minimum Gasteiger partial charge on any atom is -0.388 e. The highest BCUT2D eigenvalue weighted by molar-refractivity contribution is 5.88. The summed E-state index contributed by atoms with van der Waals surface area (Å²) in [5.74, 6) is -0.0768. The average molecular weight is 270 g/mol. The van der Waals surface area contributed by atoms with Gasteiger partial charge in [-0.05, 0) is 43.5 Å². The van der Waals surface area contributed by atoms with Gasteiger partial charge in [-0.2, -0.15) is 0 Å². The Kier molecular flexibility index (Phi) is 3.32. The zero-order valence-electron chi connectivity index (χ0n) is 11.5. The first-order valence-corrected chi connectivity index (χ1v) is 6.91. The molecule has 1 unspecified atom stereocenters. The van der Waals surface area contributed by atoms with E-state index in [0.717, 1.165) is 36.2 Å². The second-order valence-electron chi connectivity index (χ2n) is 5.23. The number of aromatic nitrogens is 1. The summed E-state index contributed by atoms with van der Waals surface area (Å²) >= 11 is 0. The van der Waals surface area contributed by atoms with Crippen molar-refractivity contribution in [3.05, 3.63) is 47.8 Å². The highest BCUT2D eigenvalue weighted by Crippen LogP contribution is 2.32. The predicted molar refractivity (Wildman–Crippen MR) is 78.0 cm³/mol. The van der Waals surface area contributed by atoms with Gasteiger partial charge in [-0.25, -0.2) is 0 Å². The van der Waals surface area contributed by atoms with Gasteiger partial charge >= 0.3 is 0 Å². The zero-order chi connectivity index (χ0) is 14.1. The average Bonchev–Trinajstić information content (AvgIpc) is 2.83. The Hall–Kier alpha value is -2.07. The molecule has 0 spiro atoms. The van der Waals surface area contributed by atoms with Crippen molar-refractivity contribution in [2.24, 2.45) is 0 Å². The molecule has 0 aliphatic heterocycles. The molecule has 1 amide bonds. The number of anilines is 1. The minimum atomic E-state index is -0.349. The smallest absolute Gasteiger partial charge is 0.221 e. The second kappa shape index (κ2) is 5.13. The van der Waals surface area contributed by atoms with Crippen molar-refractivity contribution < 1.29 is 9.90 Å². The topological polar surface area (TPSA) is 54.3 Å². The molecule has 0 fully saturated rings. The van der Waals surface area contributed by atoms with Crippen LogP contribution in [0.5, 0.6) is 0 Å². The van der Waals surface area contributed by atoms with E-state index in [4.69, 9.17) is 0 Å². The first-order valence-electron chi connectivity index (χ1n) is 6.91. The van der Waals surface area contributed by atoms with Crippen LogP contribution in [0.4, 0.5) is 5.69 Å². The maximum absolute atomic E-state index is 11.1. The fourth-order valence-electron chi connectivity index (χ4n) is 2.85. The maximum atomic E-state index is 11.1. The van der Waals surface area contributed by atoms with Gasteiger partial charge in [0.15, 0.2) is 0 Å². The van der Waals surface area contributed by atoms with E-state index in [9.17, 15) is 9.90 Å². The zero-order valence-corrected chi connectivity index (χ0v) is 11.5. The summed E-state index contributed by atoms with van der Waals surface area (Å²) in [6.07, 6.45) is 4.46. The first kappa shape index (κ1) is 12.9. The Labute approximate surface area is 118 Å². The SMILES string of the molecule is CC(=O)Nc1cccc(-n2ccc3c2CCCC3O)c1. The number of hydrogen-bond acceptors (Lipinski definition) is 2. The third-order valence-electron chi connectivity index (χ3n) is 3.72. The van der Waals surface area contributed by atoms with E-state index in [0.29, 0.717) is 0 Å². The fourth-order valence-corrected chi connectivity index (χ4v) is 2.85. The molecule has 1 aliphatic rings. The van der Waals surface area contributed by atoms with Crippen molar-refractivity contribution in [2.45, 2.75) is 32.3 Å². The molecule has 1 aromatic heterocycles. The molecule has 1 aliphatic carbocycles. The number of fused-ring (bicyclic) bond motifs is 1. The van der Waals surface area contributed by atoms with Gasteiger partial charge in [-0.1, -0.05) is 6.07 Å². The molecule has 2 aromatic rings. The predicted octanol–water partition coefficient (Wildman–Crippen LogP) is 2.81. The van der Waals surface area contributed by atoms with Crippen molar-refractivity contribution >= 4 is 11.6 Å². The number of nitrogens with zero attached hydrogens (tertiary/aromatic N) is 1. The number of amides is 1. The summed E-state index contributed by atoms with van der Waals surface area (Å²) < 4.78 is 2.10. The first-order chi connectivity index (χ1) is 9.65. The van der Waals surface area contributed by atoms with E-state index >= 15 is 0 Å². The lowest BCUT2D eigenvalue weighted by Gasteiger charge is -2.20. The monoisotopic (exact) mass is 270 g/mol. The van der Waals surface area contributed by atoms with Gasteiger partial charge < -0.3 is 15.0 Å². The Morgan fingerprint density at radius 1 is 1.40 bits per heavy atom. The Morgan fingerprint density at radius 2 is 2.25 bits per heavy atom. The van der Waals surface area contributed by atoms with Crippen LogP contribution in [0.1, 0.15) is 37.1 Å². The lowest BCUT2D eigenvalue weighted by molar-refractivity contribution is -0.114. The molecule has 0 saturated carbocycles. The molecule has 4 heteroatoms. The number of carbonyl (C=O) groups is 1. The van der Waals surface area contributed by atoms with Gasteiger partial charge in [0, 0.05) is 35.8 Å². The van der Waals surface area contributed by atoms with E-state index in [1.807, 2.05) is 36.5 Å². The van der Waals surface area contributed by atoms with Crippen LogP contribution < -0.4 is 5.32 Å². The van der Waals surface area contributed by atoms with Crippen molar-refractivity contribution in [3.63, 3.8) is 0 Å². The number of benzene rings is 1. The van der Waals surface area contributed by atoms with E-state index in [1.54, 1.807) is 0 Å². The number of aliphatic hydroxyl groups is 1. The Balaban J connectivity index is 1.99. The Morgan fingerprint density at radius 3 is 3.05 bits per heavy atom. The van der Waals surface area contributed by atoms with Gasteiger partial charge in [0.25, 0.3) is 0 Å². The second-order valence-corrected chi connectivity index (χ2v) is 5.23. The van der Waals surface area contributed by atoms with Crippen LogP contribution in [0.15, 0.2) is 36.5 Å². The van der Waals surface area contributed by atoms with E-state index in [1.165, 1.54) is 12.6 Å². The third-order valence-corrected chi connectivity index (χ3v) is 3.72. The van der Waals surface area contributed by atoms with Crippen LogP contribution >= 0.6 is 0 Å². The van der Waals surface area contributed by atoms with Gasteiger partial charge in [0.1, 0.15) is 0 Å². The quantitative estimate of drug-likeness (QED) is 0.881. The number of carbonyl (C=O) groups excluding carboxylic acids is 1. The molecular weight excluding hydrogens is 252 g/mol. The van der Waals surface area contributed by atoms with Crippen LogP contribution in [0, 0.1) is 0 Å². The van der Waals surface area contributed by atoms with Crippen molar-refractivity contribution in [3.8, 4) is 5.69 Å². The normalized spacial score (nSPS) is 17.6. The fraction of sp³-hybridized carbons (Fsp3) is 0.312. The van der Waals surface area contributed by atoms with Gasteiger partial charge in [-0.15, -0.1) is 0 Å². The lowest BCUT2D eigenvalue weighted by atomic mass is 9.95. The highest BCUT2D eigenvalue weighted by atomic mass is 16.3. The van der Waals surface area contributed by atoms with Crippen molar-refractivity contribution in [2.75, 3.05) is 5.32 Å². The van der Waals surface area contributed by atoms with Crippen LogP contribution in [-0.2, 0) is 11.2 Å². The van der Waals surface area contributed by atoms with E-state index < -0.39 is 0 Å². The molecule has 20 heavy (non-hydrogen) atoms. The maximum Gasteiger partial charge on any atom is 0.221 e. The lowest BCUT2D eigenvalue weighted by Crippen LogP contribution is -2.11. The van der Waals surface area contributed by atoms with E-state index in [2.05, 4.69) is 9.88 Å². The molecule has 4 nitrogen and oxygen atoms in total. The number of nitrogens with one attached hydrogen (secondary N) is 1. The van der Waals surface area contributed by atoms with E-state index in [-0.39, 0.29) is 12.0 Å². The van der Waals surface area contributed by atoms with Gasteiger partial charge in [-0.3, -0.25) is 4.79 Å². The summed E-state index contributed by atoms with van der Waals surface area (Å²) in [7, 11) is 0. The van der Waals surface area contributed by atoms with Crippen LogP contribution in [0.2, 0.25) is 0 Å². The summed E-state index contributed by atoms with van der Waals surface area (Å²) in [5.41, 5.74) is 3.99. The molecule has 1 aromatic carbocycles. The molecule has 1 atom stereocenters. The van der Waals surface area contributed by atoms with Crippen molar-refractivity contribution in [1.29, 1.82) is 0 Å². The number of hydrogen-bond donors (Lipinski definition) is 2. The highest BCUT2D eigenvalue weighted by Gasteiger charge is 2.21. The molecular formula is C16H18N2O2. The molecule has 0 radical (unpaired) electrons. The number of aliphatic hydroxyl groups excluding tert-OH is 1. The number of rotatable bonds is 2. The Bertz CT molecular complexity index is 646. The molecule has 0 saturated heterocycles. The van der Waals surface area contributed by atoms with Crippen molar-refractivity contribution in [1.82, 2.24) is 4.57 Å². The summed E-state index contributed by atoms with van der Waals surface area (Å²) in [6, 6.07) is 9.74. The van der Waals surface area contributed by atoms with Gasteiger partial charge in [0.05, 0.1) is 6.10 Å². The largest absolute Gasteiger partial charge is 0.388 e. The third kappa shape index (κ3) is 2.34. The van der Waals surface area contributed by atoms with Gasteiger partial charge in [0.2, 0.25) is 5.91 Å². The standard InChI is InChI=1S/C16H18N2O2/c1-11(19)17-12-4-2-5-13(10-12)18-9-8-14-15(18)6-3-7-16(14)20/h2,4-5,8-10,16,20H,3,6-7H2,1H3,(H,17,19). The molecule has 2 N–H and O–H groups in total. The minimum absolute atomic E-state index is 0.0768. The van der Waals surface area contributed by atoms with Crippen LogP contribution in [0.25, 0.3) is 5.69 Å². The van der Waals surface area contributed by atoms with Crippen LogP contribution in [0.3, 0.4) is 0 Å². The summed E-state index contributed by atoms with van der Waals surface area (Å²) in [4.78, 5) is 11.1.